The number of ether oxygens (including phenoxy) is 2. The van der Waals surface area contributed by atoms with Crippen LogP contribution in [0.1, 0.15) is 19.8 Å². The van der Waals surface area contributed by atoms with Crippen molar-refractivity contribution in [3.63, 3.8) is 0 Å². The Labute approximate surface area is 119 Å². The third-order valence-corrected chi connectivity index (χ3v) is 2.79. The fraction of sp³-hybridized carbons (Fsp3) is 0.571. The smallest absolute Gasteiger partial charge is 0.138 e. The summed E-state index contributed by atoms with van der Waals surface area (Å²) in [6, 6.07) is 4.10. The van der Waals surface area contributed by atoms with Gasteiger partial charge < -0.3 is 14.8 Å². The second-order valence-electron chi connectivity index (χ2n) is 4.14. The van der Waals surface area contributed by atoms with Gasteiger partial charge >= 0.3 is 0 Å². The molecule has 1 N–H and O–H groups in total. The first-order chi connectivity index (χ1) is 9.24. The molecule has 0 aromatic heterocycles. The van der Waals surface area contributed by atoms with Crippen LogP contribution in [0, 0.1) is 5.82 Å². The SMILES string of the molecule is CCCCOCCNCCOc1ccc(F)cc1Cl. The highest BCUT2D eigenvalue weighted by molar-refractivity contribution is 6.32. The highest BCUT2D eigenvalue weighted by Crippen LogP contribution is 2.24. The first-order valence-corrected chi connectivity index (χ1v) is 6.98. The van der Waals surface area contributed by atoms with E-state index < -0.39 is 0 Å². The Morgan fingerprint density at radius 3 is 2.74 bits per heavy atom. The summed E-state index contributed by atoms with van der Waals surface area (Å²) in [5.74, 6) is 0.142. The minimum atomic E-state index is -0.361. The van der Waals surface area contributed by atoms with Crippen LogP contribution in [-0.4, -0.2) is 32.9 Å². The predicted octanol–water partition coefficient (Wildman–Crippen LogP) is 3.26. The van der Waals surface area contributed by atoms with Gasteiger partial charge in [0.1, 0.15) is 18.2 Å². The van der Waals surface area contributed by atoms with Crippen LogP contribution in [0.4, 0.5) is 4.39 Å². The van der Waals surface area contributed by atoms with Crippen molar-refractivity contribution in [1.82, 2.24) is 5.32 Å². The summed E-state index contributed by atoms with van der Waals surface area (Å²) < 4.78 is 23.6. The number of rotatable bonds is 10. The summed E-state index contributed by atoms with van der Waals surface area (Å²) >= 11 is 5.84. The van der Waals surface area contributed by atoms with Gasteiger partial charge in [0.2, 0.25) is 0 Å². The summed E-state index contributed by atoms with van der Waals surface area (Å²) in [6.07, 6.45) is 2.26. The van der Waals surface area contributed by atoms with Gasteiger partial charge in [-0.05, 0) is 24.6 Å². The molecular weight excluding hydrogens is 269 g/mol. The van der Waals surface area contributed by atoms with Crippen molar-refractivity contribution in [2.24, 2.45) is 0 Å². The van der Waals surface area contributed by atoms with Gasteiger partial charge in [0, 0.05) is 19.7 Å². The minimum absolute atomic E-state index is 0.294. The maximum absolute atomic E-state index is 12.8. The number of unbranched alkanes of at least 4 members (excludes halogenated alkanes) is 1. The molecule has 0 heterocycles. The molecular formula is C14H21ClFNO2. The van der Waals surface area contributed by atoms with Gasteiger partial charge in [-0.3, -0.25) is 0 Å². The van der Waals surface area contributed by atoms with E-state index in [0.29, 0.717) is 30.5 Å². The Hall–Kier alpha value is -0.840. The summed E-state index contributed by atoms with van der Waals surface area (Å²) in [6.45, 7) is 5.64. The molecule has 0 fully saturated rings. The van der Waals surface area contributed by atoms with Crippen molar-refractivity contribution in [1.29, 1.82) is 0 Å². The van der Waals surface area contributed by atoms with Crippen molar-refractivity contribution < 1.29 is 13.9 Å². The van der Waals surface area contributed by atoms with E-state index in [9.17, 15) is 4.39 Å². The van der Waals surface area contributed by atoms with E-state index in [0.717, 1.165) is 26.0 Å². The molecule has 0 atom stereocenters. The molecule has 3 nitrogen and oxygen atoms in total. The maximum Gasteiger partial charge on any atom is 0.138 e. The molecule has 5 heteroatoms. The lowest BCUT2D eigenvalue weighted by Gasteiger charge is -2.09. The number of benzene rings is 1. The highest BCUT2D eigenvalue weighted by atomic mass is 35.5. The van der Waals surface area contributed by atoms with E-state index in [2.05, 4.69) is 12.2 Å². The number of hydrogen-bond acceptors (Lipinski definition) is 3. The van der Waals surface area contributed by atoms with Gasteiger partial charge in [-0.15, -0.1) is 0 Å². The van der Waals surface area contributed by atoms with Gasteiger partial charge in [0.05, 0.1) is 11.6 Å². The van der Waals surface area contributed by atoms with Crippen molar-refractivity contribution in [3.05, 3.63) is 29.0 Å². The van der Waals surface area contributed by atoms with Crippen LogP contribution in [0.25, 0.3) is 0 Å². The van der Waals surface area contributed by atoms with E-state index in [1.165, 1.54) is 18.2 Å². The first kappa shape index (κ1) is 16.2. The molecule has 0 aliphatic rings. The maximum atomic E-state index is 12.8. The molecule has 0 aliphatic heterocycles. The molecule has 108 valence electrons. The van der Waals surface area contributed by atoms with Crippen molar-refractivity contribution in [3.8, 4) is 5.75 Å². The van der Waals surface area contributed by atoms with Crippen LogP contribution in [0.3, 0.4) is 0 Å². The molecule has 19 heavy (non-hydrogen) atoms. The number of nitrogens with one attached hydrogen (secondary N) is 1. The third kappa shape index (κ3) is 7.35. The van der Waals surface area contributed by atoms with Crippen molar-refractivity contribution in [2.45, 2.75) is 19.8 Å². The van der Waals surface area contributed by atoms with Crippen molar-refractivity contribution in [2.75, 3.05) is 32.9 Å². The fourth-order valence-electron chi connectivity index (χ4n) is 1.44. The summed E-state index contributed by atoms with van der Waals surface area (Å²) in [5.41, 5.74) is 0. The van der Waals surface area contributed by atoms with Gasteiger partial charge in [0.15, 0.2) is 0 Å². The molecule has 1 aromatic carbocycles. The number of hydrogen-bond donors (Lipinski definition) is 1. The fourth-order valence-corrected chi connectivity index (χ4v) is 1.67. The lowest BCUT2D eigenvalue weighted by molar-refractivity contribution is 0.132. The normalized spacial score (nSPS) is 10.7. The summed E-state index contributed by atoms with van der Waals surface area (Å²) in [4.78, 5) is 0. The Balaban J connectivity index is 2.01. The predicted molar refractivity (Wildman–Crippen MR) is 75.5 cm³/mol. The lowest BCUT2D eigenvalue weighted by atomic mass is 10.3. The molecule has 1 aromatic rings. The van der Waals surface area contributed by atoms with Crippen LogP contribution in [-0.2, 0) is 4.74 Å². The third-order valence-electron chi connectivity index (χ3n) is 2.50. The van der Waals surface area contributed by atoms with Crippen LogP contribution in [0.15, 0.2) is 18.2 Å². The average Bonchev–Trinajstić information content (AvgIpc) is 2.39. The Kier molecular flexibility index (Phi) is 8.54. The molecule has 0 unspecified atom stereocenters. The second kappa shape index (κ2) is 10.0. The number of halogens is 2. The van der Waals surface area contributed by atoms with E-state index >= 15 is 0 Å². The Morgan fingerprint density at radius 2 is 2.00 bits per heavy atom. The van der Waals surface area contributed by atoms with Crippen LogP contribution in [0.2, 0.25) is 5.02 Å². The topological polar surface area (TPSA) is 30.5 Å². The van der Waals surface area contributed by atoms with E-state index in [4.69, 9.17) is 21.1 Å². The molecule has 0 bridgehead atoms. The first-order valence-electron chi connectivity index (χ1n) is 6.60. The van der Waals surface area contributed by atoms with E-state index in [1.54, 1.807) is 0 Å². The van der Waals surface area contributed by atoms with Gasteiger partial charge in [0.25, 0.3) is 0 Å². The van der Waals surface area contributed by atoms with Gasteiger partial charge in [-0.1, -0.05) is 24.9 Å². The molecule has 0 saturated heterocycles. The largest absolute Gasteiger partial charge is 0.491 e. The minimum Gasteiger partial charge on any atom is -0.491 e. The average molecular weight is 290 g/mol. The summed E-state index contributed by atoms with van der Waals surface area (Å²) in [7, 11) is 0. The zero-order valence-corrected chi connectivity index (χ0v) is 12.0. The lowest BCUT2D eigenvalue weighted by Crippen LogP contribution is -2.25. The van der Waals surface area contributed by atoms with E-state index in [-0.39, 0.29) is 5.82 Å². The molecule has 0 radical (unpaired) electrons. The molecule has 0 spiro atoms. The Bertz CT molecular complexity index is 363. The van der Waals surface area contributed by atoms with Crippen molar-refractivity contribution >= 4 is 11.6 Å². The van der Waals surface area contributed by atoms with Gasteiger partial charge in [-0.2, -0.15) is 0 Å². The Morgan fingerprint density at radius 1 is 1.21 bits per heavy atom. The van der Waals surface area contributed by atoms with Crippen LogP contribution >= 0.6 is 11.6 Å². The zero-order valence-electron chi connectivity index (χ0n) is 11.3. The second-order valence-corrected chi connectivity index (χ2v) is 4.55. The monoisotopic (exact) mass is 289 g/mol. The van der Waals surface area contributed by atoms with Crippen LogP contribution in [0.5, 0.6) is 5.75 Å². The molecule has 0 aliphatic carbocycles. The summed E-state index contributed by atoms with van der Waals surface area (Å²) in [5, 5.41) is 3.49. The molecule has 0 amide bonds. The molecule has 1 rings (SSSR count). The zero-order chi connectivity index (χ0) is 13.9. The molecule has 0 saturated carbocycles. The van der Waals surface area contributed by atoms with Gasteiger partial charge in [-0.25, -0.2) is 4.39 Å². The quantitative estimate of drug-likeness (QED) is 0.671. The van der Waals surface area contributed by atoms with E-state index in [1.807, 2.05) is 0 Å². The highest BCUT2D eigenvalue weighted by Gasteiger charge is 2.02. The van der Waals surface area contributed by atoms with Crippen LogP contribution < -0.4 is 10.1 Å². The standard InChI is InChI=1S/C14H21ClFNO2/c1-2-3-8-18-9-6-17-7-10-19-14-5-4-12(16)11-13(14)15/h4-5,11,17H,2-3,6-10H2,1H3.